The van der Waals surface area contributed by atoms with Crippen molar-refractivity contribution >= 4 is 17.5 Å². The number of carbonyl (C=O) groups excluding carboxylic acids is 2. The minimum atomic E-state index is -1.06. The van der Waals surface area contributed by atoms with Crippen LogP contribution in [0.3, 0.4) is 0 Å². The normalized spacial score (nSPS) is 15.3. The Hall–Kier alpha value is -4.52. The average molecular weight is 451 g/mol. The zero-order valence-electron chi connectivity index (χ0n) is 18.4. The van der Waals surface area contributed by atoms with Crippen LogP contribution < -0.4 is 16.1 Å². The number of benzene rings is 3. The summed E-state index contributed by atoms with van der Waals surface area (Å²) in [6.07, 6.45) is 0.164. The largest absolute Gasteiger partial charge is 0.341 e. The van der Waals surface area contributed by atoms with Gasteiger partial charge in [-0.15, -0.1) is 0 Å². The highest BCUT2D eigenvalue weighted by molar-refractivity contribution is 6.21. The summed E-state index contributed by atoms with van der Waals surface area (Å²) in [5, 5.41) is 0. The smallest absolute Gasteiger partial charge is 0.300 e. The number of rotatable bonds is 4. The first-order valence-electron chi connectivity index (χ1n) is 10.9. The molecule has 7 heteroatoms. The zero-order valence-corrected chi connectivity index (χ0v) is 18.4. The summed E-state index contributed by atoms with van der Waals surface area (Å²) in [5.41, 5.74) is 0.0383. The van der Waals surface area contributed by atoms with E-state index in [1.54, 1.807) is 60.7 Å². The fourth-order valence-corrected chi connectivity index (χ4v) is 4.40. The molecule has 0 N–H and O–H groups in total. The lowest BCUT2D eigenvalue weighted by Gasteiger charge is -2.32. The predicted molar refractivity (Wildman–Crippen MR) is 129 cm³/mol. The number of hydrogen-bond acceptors (Lipinski definition) is 4. The lowest BCUT2D eigenvalue weighted by molar-refractivity contribution is -0.121. The molecule has 1 unspecified atom stereocenters. The van der Waals surface area contributed by atoms with E-state index in [4.69, 9.17) is 0 Å². The third-order valence-electron chi connectivity index (χ3n) is 6.06. The molecular weight excluding hydrogens is 430 g/mol. The van der Waals surface area contributed by atoms with Gasteiger partial charge in [-0.1, -0.05) is 66.7 Å². The van der Waals surface area contributed by atoms with Crippen LogP contribution in [0.5, 0.6) is 0 Å². The molecule has 0 saturated carbocycles. The summed E-state index contributed by atoms with van der Waals surface area (Å²) in [4.78, 5) is 55.6. The standard InChI is InChI=1S/C27H21N3O4/c1-28-24-22(23(31)21(25(28)32)17-18-11-5-2-6-12-18)26(33)30(20-15-9-4-10-16-20)27(34)29(24)19-13-7-3-8-14-19/h2-16,21H,17H2,1H3. The van der Waals surface area contributed by atoms with Gasteiger partial charge in [-0.3, -0.25) is 19.3 Å². The monoisotopic (exact) mass is 451 g/mol. The van der Waals surface area contributed by atoms with Crippen molar-refractivity contribution in [1.29, 1.82) is 0 Å². The molecule has 1 aliphatic heterocycles. The second-order valence-corrected chi connectivity index (χ2v) is 8.13. The van der Waals surface area contributed by atoms with Crippen molar-refractivity contribution in [2.45, 2.75) is 6.42 Å². The van der Waals surface area contributed by atoms with Crippen molar-refractivity contribution in [3.05, 3.63) is 123 Å². The number of aromatic nitrogens is 2. The molecule has 0 bridgehead atoms. The highest BCUT2D eigenvalue weighted by Crippen LogP contribution is 2.30. The maximum absolute atomic E-state index is 13.7. The molecule has 0 radical (unpaired) electrons. The first-order chi connectivity index (χ1) is 16.5. The van der Waals surface area contributed by atoms with Crippen LogP contribution in [0.15, 0.2) is 101 Å². The Balaban J connectivity index is 1.81. The van der Waals surface area contributed by atoms with Gasteiger partial charge < -0.3 is 0 Å². The van der Waals surface area contributed by atoms with Crippen molar-refractivity contribution in [2.24, 2.45) is 5.92 Å². The summed E-state index contributed by atoms with van der Waals surface area (Å²) < 4.78 is 2.26. The third kappa shape index (κ3) is 3.38. The molecule has 1 atom stereocenters. The van der Waals surface area contributed by atoms with E-state index in [9.17, 15) is 19.2 Å². The molecule has 5 rings (SSSR count). The number of nitrogens with zero attached hydrogens (tertiary/aromatic N) is 3. The number of para-hydroxylation sites is 2. The van der Waals surface area contributed by atoms with E-state index < -0.39 is 28.9 Å². The molecule has 2 heterocycles. The van der Waals surface area contributed by atoms with E-state index in [0.717, 1.165) is 10.1 Å². The van der Waals surface area contributed by atoms with Crippen molar-refractivity contribution in [1.82, 2.24) is 9.13 Å². The zero-order chi connectivity index (χ0) is 23.8. The molecule has 0 spiro atoms. The number of carbonyl (C=O) groups is 2. The molecule has 0 aliphatic carbocycles. The fourth-order valence-electron chi connectivity index (χ4n) is 4.40. The molecule has 0 fully saturated rings. The predicted octanol–water partition coefficient (Wildman–Crippen LogP) is 3.01. The molecule has 3 aromatic carbocycles. The fraction of sp³-hybridized carbons (Fsp3) is 0.111. The van der Waals surface area contributed by atoms with Crippen molar-refractivity contribution in [3.8, 4) is 11.4 Å². The van der Waals surface area contributed by atoms with Gasteiger partial charge in [-0.2, -0.15) is 0 Å². The second kappa shape index (κ2) is 8.44. The van der Waals surface area contributed by atoms with Gasteiger partial charge in [0.05, 0.1) is 11.4 Å². The van der Waals surface area contributed by atoms with Gasteiger partial charge in [-0.25, -0.2) is 13.9 Å². The van der Waals surface area contributed by atoms with Crippen LogP contribution in [0.25, 0.3) is 11.4 Å². The molecule has 4 aromatic rings. The molecule has 1 aliphatic rings. The van der Waals surface area contributed by atoms with Crippen molar-refractivity contribution < 1.29 is 9.59 Å². The molecule has 0 saturated heterocycles. The number of ketones is 1. The van der Waals surface area contributed by atoms with E-state index in [1.165, 1.54) is 16.5 Å². The van der Waals surface area contributed by atoms with Crippen molar-refractivity contribution in [3.63, 3.8) is 0 Å². The lowest BCUT2D eigenvalue weighted by atomic mass is 9.87. The number of hydrogen-bond donors (Lipinski definition) is 0. The maximum atomic E-state index is 13.7. The van der Waals surface area contributed by atoms with Crippen LogP contribution in [0, 0.1) is 5.92 Å². The van der Waals surface area contributed by atoms with Gasteiger partial charge in [0.1, 0.15) is 17.3 Å². The van der Waals surface area contributed by atoms with Crippen LogP contribution in [0.2, 0.25) is 0 Å². The van der Waals surface area contributed by atoms with E-state index in [0.29, 0.717) is 11.4 Å². The Bertz CT molecular complexity index is 1510. The highest BCUT2D eigenvalue weighted by Gasteiger charge is 2.42. The Morgan fingerprint density at radius 3 is 1.74 bits per heavy atom. The van der Waals surface area contributed by atoms with Crippen LogP contribution in [-0.4, -0.2) is 27.9 Å². The van der Waals surface area contributed by atoms with Gasteiger partial charge in [-0.05, 0) is 36.2 Å². The van der Waals surface area contributed by atoms with Gasteiger partial charge >= 0.3 is 5.69 Å². The second-order valence-electron chi connectivity index (χ2n) is 8.13. The lowest BCUT2D eigenvalue weighted by Crippen LogP contribution is -2.52. The van der Waals surface area contributed by atoms with Crippen LogP contribution in [-0.2, 0) is 11.2 Å². The molecular formula is C27H21N3O4. The minimum Gasteiger partial charge on any atom is -0.300 e. The number of Topliss-reactive ketones (excluding diaryl/α,β-unsaturated/α-hetero) is 1. The van der Waals surface area contributed by atoms with E-state index >= 15 is 0 Å². The van der Waals surface area contributed by atoms with Crippen molar-refractivity contribution in [2.75, 3.05) is 11.9 Å². The SMILES string of the molecule is CN1C(=O)C(Cc2ccccc2)C(=O)c2c1n(-c1ccccc1)c(=O)n(-c1ccccc1)c2=O. The molecule has 168 valence electrons. The van der Waals surface area contributed by atoms with Crippen LogP contribution in [0.4, 0.5) is 5.82 Å². The first-order valence-corrected chi connectivity index (χ1v) is 10.9. The summed E-state index contributed by atoms with van der Waals surface area (Å²) in [5.74, 6) is -2.10. The van der Waals surface area contributed by atoms with E-state index in [1.807, 2.05) is 30.3 Å². The first kappa shape index (κ1) is 21.3. The number of amides is 1. The quantitative estimate of drug-likeness (QED) is 0.447. The highest BCUT2D eigenvalue weighted by atomic mass is 16.2. The molecule has 7 nitrogen and oxygen atoms in total. The Morgan fingerprint density at radius 1 is 0.676 bits per heavy atom. The van der Waals surface area contributed by atoms with E-state index in [2.05, 4.69) is 0 Å². The number of anilines is 1. The van der Waals surface area contributed by atoms with Gasteiger partial charge in [0.25, 0.3) is 5.56 Å². The minimum absolute atomic E-state index is 0.00677. The molecule has 34 heavy (non-hydrogen) atoms. The summed E-state index contributed by atoms with van der Waals surface area (Å²) in [6.45, 7) is 0. The molecule has 1 aromatic heterocycles. The van der Waals surface area contributed by atoms with Gasteiger partial charge in [0.15, 0.2) is 5.78 Å². The molecule has 1 amide bonds. The van der Waals surface area contributed by atoms with E-state index in [-0.39, 0.29) is 17.8 Å². The van der Waals surface area contributed by atoms with Crippen LogP contribution >= 0.6 is 0 Å². The summed E-state index contributed by atoms with van der Waals surface area (Å²) in [6, 6.07) is 26.3. The third-order valence-corrected chi connectivity index (χ3v) is 6.06. The summed E-state index contributed by atoms with van der Waals surface area (Å²) in [7, 11) is 1.50. The number of fused-ring (bicyclic) bond motifs is 1. The van der Waals surface area contributed by atoms with Gasteiger partial charge in [0, 0.05) is 7.05 Å². The van der Waals surface area contributed by atoms with Gasteiger partial charge in [0.2, 0.25) is 5.91 Å². The summed E-state index contributed by atoms with van der Waals surface area (Å²) >= 11 is 0. The maximum Gasteiger partial charge on any atom is 0.341 e. The Labute approximate surface area is 195 Å². The average Bonchev–Trinajstić information content (AvgIpc) is 2.87. The Morgan fingerprint density at radius 2 is 1.18 bits per heavy atom. The van der Waals surface area contributed by atoms with Crippen LogP contribution in [0.1, 0.15) is 15.9 Å². The Kier molecular flexibility index (Phi) is 5.30. The topological polar surface area (TPSA) is 81.4 Å².